The summed E-state index contributed by atoms with van der Waals surface area (Å²) in [5, 5.41) is 0. The van der Waals surface area contributed by atoms with Crippen LogP contribution < -0.4 is 0 Å². The molecule has 0 bridgehead atoms. The van der Waals surface area contributed by atoms with Gasteiger partial charge in [0.25, 0.3) is 0 Å². The molecule has 0 rings (SSSR count). The Morgan fingerprint density at radius 1 is 0.441 bits per heavy atom. The Bertz CT molecular complexity index is 336. The number of nitrogens with zero attached hydrogens (tertiary/aromatic N) is 1. The fraction of sp³-hybridized carbons (Fsp3) is 1.00. The first kappa shape index (κ1) is 36.3. The molecule has 1 unspecified atom stereocenters. The first-order valence-electron chi connectivity index (χ1n) is 16.1. The minimum atomic E-state index is -0.410. The summed E-state index contributed by atoms with van der Waals surface area (Å²) in [5.41, 5.74) is 0. The van der Waals surface area contributed by atoms with Crippen LogP contribution >= 0.6 is 0 Å². The zero-order valence-electron chi connectivity index (χ0n) is 25.6. The van der Waals surface area contributed by atoms with E-state index in [4.69, 9.17) is 0 Å². The molecule has 1 nitrogen and oxygen atoms in total. The molecular weight excluding hydrogens is 426 g/mol. The van der Waals surface area contributed by atoms with Crippen LogP contribution in [0.15, 0.2) is 0 Å². The molecule has 2 heteroatoms. The summed E-state index contributed by atoms with van der Waals surface area (Å²) in [7, 11) is 3.86. The van der Waals surface area contributed by atoms with Crippen LogP contribution in [0.1, 0.15) is 175 Å². The van der Waals surface area contributed by atoms with Crippen molar-refractivity contribution in [1.82, 2.24) is 4.57 Å². The van der Waals surface area contributed by atoms with E-state index in [2.05, 4.69) is 52.5 Å². The third-order valence-electron chi connectivity index (χ3n) is 7.63. The zero-order chi connectivity index (χ0) is 25.7. The molecule has 0 saturated carbocycles. The van der Waals surface area contributed by atoms with E-state index in [0.29, 0.717) is 0 Å². The largest absolute Gasteiger partial charge is 0.332 e. The van der Waals surface area contributed by atoms with E-state index < -0.39 is 8.96 Å². The second-order valence-corrected chi connectivity index (χ2v) is 15.0. The van der Waals surface area contributed by atoms with E-state index in [1.807, 2.05) is 0 Å². The van der Waals surface area contributed by atoms with Gasteiger partial charge in [0.2, 0.25) is 0 Å². The van der Waals surface area contributed by atoms with Crippen molar-refractivity contribution < 1.29 is 0 Å². The molecule has 0 aliphatic heterocycles. The van der Waals surface area contributed by atoms with Crippen LogP contribution in [0.25, 0.3) is 0 Å². The van der Waals surface area contributed by atoms with Gasteiger partial charge in [0, 0.05) is 0 Å². The summed E-state index contributed by atoms with van der Waals surface area (Å²) in [6.07, 6.45) is 35.3. The summed E-state index contributed by atoms with van der Waals surface area (Å²) < 4.78 is 2.31. The molecule has 0 saturated heterocycles. The summed E-state index contributed by atoms with van der Waals surface area (Å²) in [4.78, 5) is 0. The topological polar surface area (TPSA) is 3.24 Å². The average molecular weight is 498 g/mol. The van der Waals surface area contributed by atoms with Gasteiger partial charge in [0.05, 0.1) is 0 Å². The van der Waals surface area contributed by atoms with Gasteiger partial charge in [-0.05, 0) is 20.0 Å². The lowest BCUT2D eigenvalue weighted by molar-refractivity contribution is 0.429. The molecule has 0 fully saturated rings. The van der Waals surface area contributed by atoms with Crippen molar-refractivity contribution in [3.63, 3.8) is 0 Å². The number of hydrogen-bond acceptors (Lipinski definition) is 1. The highest BCUT2D eigenvalue weighted by molar-refractivity contribution is 6.52. The highest BCUT2D eigenvalue weighted by atomic mass is 28.3. The smallest absolute Gasteiger partial charge is 0.105 e. The Labute approximate surface area is 221 Å². The van der Waals surface area contributed by atoms with Gasteiger partial charge in [-0.3, -0.25) is 0 Å². The minimum Gasteiger partial charge on any atom is -0.332 e. The molecule has 0 aromatic rings. The van der Waals surface area contributed by atoms with E-state index in [1.54, 1.807) is 0 Å². The third kappa shape index (κ3) is 34.3. The van der Waals surface area contributed by atoms with Crippen LogP contribution in [0.3, 0.4) is 0 Å². The van der Waals surface area contributed by atoms with E-state index >= 15 is 0 Å². The molecule has 0 aliphatic rings. The standard InChI is InChI=1S/C28H58.C4H13NSi/c1-4-6-8-10-12-14-16-17-19-21-23-25-27-28(3)26-24-22-20-18-15-13-11-9-7-5-2;1-5(2)6(3)4/h28H,4-27H2,1-3H3;6H,1-4H3. The Hall–Kier alpha value is 0.177. The van der Waals surface area contributed by atoms with Gasteiger partial charge in [0.15, 0.2) is 0 Å². The molecule has 0 radical (unpaired) electrons. The molecular formula is C32H71NSi. The van der Waals surface area contributed by atoms with E-state index in [1.165, 1.54) is 154 Å². The van der Waals surface area contributed by atoms with Crippen LogP contribution in [0.2, 0.25) is 13.1 Å². The van der Waals surface area contributed by atoms with Crippen LogP contribution in [0, 0.1) is 5.92 Å². The normalized spacial score (nSPS) is 12.3. The molecule has 0 aliphatic carbocycles. The predicted octanol–water partition coefficient (Wildman–Crippen LogP) is 11.6. The van der Waals surface area contributed by atoms with Crippen molar-refractivity contribution in [2.24, 2.45) is 5.92 Å². The lowest BCUT2D eigenvalue weighted by atomic mass is 9.95. The van der Waals surface area contributed by atoms with Crippen molar-refractivity contribution in [2.75, 3.05) is 14.1 Å². The van der Waals surface area contributed by atoms with Gasteiger partial charge in [0.1, 0.15) is 8.96 Å². The second kappa shape index (κ2) is 31.2. The SMILES string of the molecule is CCCCCCCCCCCCCCC(C)CCCCCCCCCCCC.CN(C)[SiH](C)C. The molecule has 0 amide bonds. The van der Waals surface area contributed by atoms with Crippen molar-refractivity contribution >= 4 is 8.96 Å². The van der Waals surface area contributed by atoms with Crippen LogP contribution in [-0.2, 0) is 0 Å². The fourth-order valence-corrected chi connectivity index (χ4v) is 4.46. The maximum Gasteiger partial charge on any atom is 0.105 e. The summed E-state index contributed by atoms with van der Waals surface area (Å²) in [5.74, 6) is 0.970. The van der Waals surface area contributed by atoms with E-state index in [0.717, 1.165) is 5.92 Å². The maximum absolute atomic E-state index is 2.49. The van der Waals surface area contributed by atoms with Crippen molar-refractivity contribution in [2.45, 2.75) is 188 Å². The molecule has 0 N–H and O–H groups in total. The number of unbranched alkanes of at least 4 members (excludes halogenated alkanes) is 20. The van der Waals surface area contributed by atoms with Gasteiger partial charge in [-0.15, -0.1) is 0 Å². The molecule has 0 heterocycles. The minimum absolute atomic E-state index is 0.410. The summed E-state index contributed by atoms with van der Waals surface area (Å²) >= 11 is 0. The maximum atomic E-state index is 2.49. The monoisotopic (exact) mass is 498 g/mol. The highest BCUT2D eigenvalue weighted by Crippen LogP contribution is 2.19. The van der Waals surface area contributed by atoms with E-state index in [9.17, 15) is 0 Å². The van der Waals surface area contributed by atoms with Gasteiger partial charge < -0.3 is 4.57 Å². The van der Waals surface area contributed by atoms with Crippen molar-refractivity contribution in [3.8, 4) is 0 Å². The number of rotatable bonds is 25. The lowest BCUT2D eigenvalue weighted by Crippen LogP contribution is -2.25. The van der Waals surface area contributed by atoms with Crippen molar-refractivity contribution in [3.05, 3.63) is 0 Å². The van der Waals surface area contributed by atoms with Gasteiger partial charge >= 0.3 is 0 Å². The molecule has 34 heavy (non-hydrogen) atoms. The Kier molecular flexibility index (Phi) is 33.3. The Balaban J connectivity index is 0. The predicted molar refractivity (Wildman–Crippen MR) is 164 cm³/mol. The zero-order valence-corrected chi connectivity index (χ0v) is 26.7. The molecule has 0 spiro atoms. The Morgan fingerprint density at radius 2 is 0.647 bits per heavy atom. The van der Waals surface area contributed by atoms with Gasteiger partial charge in [-0.25, -0.2) is 0 Å². The van der Waals surface area contributed by atoms with Crippen LogP contribution in [0.5, 0.6) is 0 Å². The lowest BCUT2D eigenvalue weighted by Gasteiger charge is -2.11. The van der Waals surface area contributed by atoms with E-state index in [-0.39, 0.29) is 0 Å². The highest BCUT2D eigenvalue weighted by Gasteiger charge is 2.02. The number of hydrogen-bond donors (Lipinski definition) is 0. The first-order chi connectivity index (χ1) is 16.5. The molecule has 208 valence electrons. The molecule has 1 atom stereocenters. The molecule has 0 aromatic heterocycles. The molecule has 0 aromatic carbocycles. The van der Waals surface area contributed by atoms with Gasteiger partial charge in [-0.1, -0.05) is 188 Å². The quantitative estimate of drug-likeness (QED) is 0.0895. The summed E-state index contributed by atoms with van der Waals surface area (Å²) in [6.45, 7) is 11.7. The van der Waals surface area contributed by atoms with Crippen LogP contribution in [0.4, 0.5) is 0 Å². The van der Waals surface area contributed by atoms with Gasteiger partial charge in [-0.2, -0.15) is 0 Å². The fourth-order valence-electron chi connectivity index (χ4n) is 4.46. The van der Waals surface area contributed by atoms with Crippen molar-refractivity contribution in [1.29, 1.82) is 0 Å². The van der Waals surface area contributed by atoms with Crippen LogP contribution in [-0.4, -0.2) is 27.6 Å². The summed E-state index contributed by atoms with van der Waals surface area (Å²) in [6, 6.07) is 0. The second-order valence-electron chi connectivity index (χ2n) is 11.8. The third-order valence-corrected chi connectivity index (χ3v) is 9.70. The Morgan fingerprint density at radius 3 is 0.853 bits per heavy atom. The average Bonchev–Trinajstić information content (AvgIpc) is 2.81. The first-order valence-corrected chi connectivity index (χ1v) is 18.9.